The quantitative estimate of drug-likeness (QED) is 0.319. The molecule has 11 heteroatoms. The molecule has 4 fully saturated rings. The average molecular weight is 617 g/mol. The van der Waals surface area contributed by atoms with Crippen LogP contribution in [0.3, 0.4) is 0 Å². The van der Waals surface area contributed by atoms with Gasteiger partial charge in [-0.25, -0.2) is 19.2 Å². The largest absolute Gasteiger partial charge is 0.463 e. The Bertz CT molecular complexity index is 1460. The molecule has 4 aliphatic heterocycles. The van der Waals surface area contributed by atoms with Crippen LogP contribution >= 0.6 is 15.9 Å². The molecule has 3 aromatic rings. The number of hydrogen-bond donors (Lipinski definition) is 1. The molecule has 1 N–H and O–H groups in total. The number of piperazine rings is 1. The smallest absolute Gasteiger partial charge is 0.410 e. The predicted molar refractivity (Wildman–Crippen MR) is 152 cm³/mol. The Morgan fingerprint density at radius 1 is 1.30 bits per heavy atom. The monoisotopic (exact) mass is 615 g/mol. The van der Waals surface area contributed by atoms with Crippen LogP contribution < -0.4 is 10.1 Å². The molecule has 4 saturated heterocycles. The van der Waals surface area contributed by atoms with E-state index in [0.717, 1.165) is 47.8 Å². The summed E-state index contributed by atoms with van der Waals surface area (Å²) in [7, 11) is 0. The molecule has 7 rings (SSSR count). The van der Waals surface area contributed by atoms with E-state index in [-0.39, 0.29) is 34.6 Å². The summed E-state index contributed by atoms with van der Waals surface area (Å²) >= 11 is 3.74. The van der Waals surface area contributed by atoms with Gasteiger partial charge in [0, 0.05) is 36.9 Å². The molecule has 6 atom stereocenters. The van der Waals surface area contributed by atoms with Gasteiger partial charge < -0.3 is 19.2 Å². The zero-order valence-electron chi connectivity index (χ0n) is 23.0. The molecule has 2 aromatic heterocycles. The molecule has 0 radical (unpaired) electrons. The minimum absolute atomic E-state index is 0.0379. The molecule has 214 valence electrons. The van der Waals surface area contributed by atoms with Crippen LogP contribution in [0.4, 0.5) is 9.18 Å². The maximum atomic E-state index is 14.3. The highest BCUT2D eigenvalue weighted by atomic mass is 79.9. The molecule has 4 unspecified atom stereocenters. The molecule has 40 heavy (non-hydrogen) atoms. The van der Waals surface area contributed by atoms with Crippen molar-refractivity contribution < 1.29 is 23.1 Å². The second-order valence-electron chi connectivity index (χ2n) is 12.7. The van der Waals surface area contributed by atoms with Gasteiger partial charge in [-0.1, -0.05) is 15.9 Å². The summed E-state index contributed by atoms with van der Waals surface area (Å²) in [6.07, 6.45) is 3.71. The second kappa shape index (κ2) is 9.52. The molecule has 2 bridgehead atoms. The lowest BCUT2D eigenvalue weighted by atomic mass is 9.92. The first-order valence-electron chi connectivity index (χ1n) is 14.2. The zero-order valence-corrected chi connectivity index (χ0v) is 24.6. The van der Waals surface area contributed by atoms with Crippen LogP contribution in [0.1, 0.15) is 58.1 Å². The molecular weight excluding hydrogens is 581 g/mol. The average Bonchev–Trinajstić information content (AvgIpc) is 3.62. The van der Waals surface area contributed by atoms with Crippen LogP contribution in [0, 0.1) is 0 Å². The summed E-state index contributed by atoms with van der Waals surface area (Å²) < 4.78 is 32.6. The van der Waals surface area contributed by atoms with E-state index in [0.29, 0.717) is 37.6 Å². The van der Waals surface area contributed by atoms with Crippen LogP contribution in [-0.2, 0) is 4.74 Å². The van der Waals surface area contributed by atoms with Gasteiger partial charge in [0.2, 0.25) is 0 Å². The molecular formula is C29H35BrFN5O4. The van der Waals surface area contributed by atoms with Crippen LogP contribution in [-0.4, -0.2) is 86.4 Å². The van der Waals surface area contributed by atoms with Gasteiger partial charge >= 0.3 is 6.09 Å². The number of rotatable bonds is 4. The van der Waals surface area contributed by atoms with Gasteiger partial charge in [0.25, 0.3) is 5.95 Å². The van der Waals surface area contributed by atoms with E-state index in [2.05, 4.69) is 31.1 Å². The summed E-state index contributed by atoms with van der Waals surface area (Å²) in [4.78, 5) is 26.7. The Balaban J connectivity index is 1.23. The van der Waals surface area contributed by atoms with E-state index >= 15 is 0 Å². The Morgan fingerprint density at radius 2 is 2.15 bits per heavy atom. The Hall–Kier alpha value is -2.50. The van der Waals surface area contributed by atoms with Crippen molar-refractivity contribution in [2.75, 3.05) is 26.2 Å². The van der Waals surface area contributed by atoms with Gasteiger partial charge in [0.05, 0.1) is 39.2 Å². The van der Waals surface area contributed by atoms with E-state index in [1.165, 1.54) is 0 Å². The third kappa shape index (κ3) is 4.36. The highest BCUT2D eigenvalue weighted by Gasteiger charge is 2.52. The van der Waals surface area contributed by atoms with Crippen molar-refractivity contribution in [3.63, 3.8) is 0 Å². The van der Waals surface area contributed by atoms with Crippen LogP contribution in [0.25, 0.3) is 21.9 Å². The van der Waals surface area contributed by atoms with Crippen molar-refractivity contribution in [2.45, 2.75) is 86.7 Å². The zero-order chi connectivity index (χ0) is 27.8. The van der Waals surface area contributed by atoms with Gasteiger partial charge in [-0.3, -0.25) is 9.80 Å². The lowest BCUT2D eigenvalue weighted by molar-refractivity contribution is 0.00824. The molecule has 1 amide bonds. The fraction of sp³-hybridized carbons (Fsp3) is 0.621. The van der Waals surface area contributed by atoms with Crippen LogP contribution in [0.15, 0.2) is 28.9 Å². The fourth-order valence-electron chi connectivity index (χ4n) is 7.37. The molecule has 9 nitrogen and oxygen atoms in total. The highest BCUT2D eigenvalue weighted by molar-refractivity contribution is 9.09. The van der Waals surface area contributed by atoms with Crippen molar-refractivity contribution in [3.05, 3.63) is 30.2 Å². The number of carbonyl (C=O) groups is 1. The maximum Gasteiger partial charge on any atom is 0.410 e. The number of benzene rings is 1. The summed E-state index contributed by atoms with van der Waals surface area (Å²) in [5.74, 6) is 0.382. The molecule has 1 aromatic carbocycles. The van der Waals surface area contributed by atoms with E-state index in [1.807, 2.05) is 43.9 Å². The minimum Gasteiger partial charge on any atom is -0.463 e. The number of carbonyl (C=O) groups excluding carboxylic acids is 1. The fourth-order valence-corrected chi connectivity index (χ4v) is 8.03. The SMILES string of the molecule is CC(C)(C)OC(=O)N1C2CC(c3ncnc4ccc5cc(OC[C@@]67CCCN6C[C@H](F)C7)oc5c34)C1CNC2Br. The Kier molecular flexibility index (Phi) is 6.29. The lowest BCUT2D eigenvalue weighted by Crippen LogP contribution is -2.58. The third-order valence-corrected chi connectivity index (χ3v) is 9.96. The molecule has 4 aliphatic rings. The minimum atomic E-state index is -0.803. The number of furan rings is 1. The van der Waals surface area contributed by atoms with E-state index in [1.54, 1.807) is 6.33 Å². The molecule has 0 spiro atoms. The van der Waals surface area contributed by atoms with Crippen LogP contribution in [0.5, 0.6) is 5.95 Å². The molecule has 0 saturated carbocycles. The van der Waals surface area contributed by atoms with Crippen molar-refractivity contribution in [1.29, 1.82) is 0 Å². The number of fused-ring (bicyclic) bond motifs is 6. The lowest BCUT2D eigenvalue weighted by Gasteiger charge is -2.39. The van der Waals surface area contributed by atoms with Crippen LogP contribution in [0.2, 0.25) is 0 Å². The van der Waals surface area contributed by atoms with Gasteiger partial charge in [0.15, 0.2) is 0 Å². The van der Waals surface area contributed by atoms with Gasteiger partial charge in [-0.2, -0.15) is 0 Å². The molecule has 0 aliphatic carbocycles. The Labute approximate surface area is 240 Å². The number of nitrogens with zero attached hydrogens (tertiary/aromatic N) is 4. The summed E-state index contributed by atoms with van der Waals surface area (Å²) in [6, 6.07) is 5.64. The second-order valence-corrected chi connectivity index (χ2v) is 13.7. The molecule has 6 heterocycles. The van der Waals surface area contributed by atoms with E-state index < -0.39 is 11.8 Å². The van der Waals surface area contributed by atoms with Gasteiger partial charge in [0.1, 0.15) is 30.3 Å². The predicted octanol–water partition coefficient (Wildman–Crippen LogP) is 5.12. The van der Waals surface area contributed by atoms with E-state index in [4.69, 9.17) is 18.9 Å². The number of halogens is 2. The van der Waals surface area contributed by atoms with Gasteiger partial charge in [-0.15, -0.1) is 0 Å². The summed E-state index contributed by atoms with van der Waals surface area (Å²) in [5, 5.41) is 5.23. The topological polar surface area (TPSA) is 93.0 Å². The first-order valence-corrected chi connectivity index (χ1v) is 15.1. The summed E-state index contributed by atoms with van der Waals surface area (Å²) in [6.45, 7) is 8.08. The first kappa shape index (κ1) is 26.4. The van der Waals surface area contributed by atoms with Crippen molar-refractivity contribution in [1.82, 2.24) is 25.1 Å². The number of alkyl halides is 2. The number of amides is 1. The van der Waals surface area contributed by atoms with Crippen molar-refractivity contribution in [2.24, 2.45) is 0 Å². The maximum absolute atomic E-state index is 14.3. The van der Waals surface area contributed by atoms with E-state index in [9.17, 15) is 9.18 Å². The standard InChI is InChI=1S/C29H35BrFN5O4/c1-28(2,3)40-27(37)36-20-10-18(21(36)12-32-26(20)30)24-23-19(33-15-34-24)6-5-16-9-22(39-25(16)23)38-14-29-7-4-8-35(29)13-17(31)11-29/h5-6,9,15,17-18,20-21,26,32H,4,7-8,10-14H2,1-3H3/t17-,18?,20?,21?,26?,29+/m1/s1. The first-order chi connectivity index (χ1) is 19.1. The van der Waals surface area contributed by atoms with Crippen molar-refractivity contribution in [3.8, 4) is 5.95 Å². The number of hydrogen-bond acceptors (Lipinski definition) is 8. The number of aromatic nitrogens is 2. The van der Waals surface area contributed by atoms with Gasteiger partial charge in [-0.05, 0) is 58.7 Å². The summed E-state index contributed by atoms with van der Waals surface area (Å²) in [5.41, 5.74) is 1.48. The Morgan fingerprint density at radius 3 is 2.98 bits per heavy atom. The van der Waals surface area contributed by atoms with Crippen molar-refractivity contribution >= 4 is 43.9 Å². The number of nitrogens with one attached hydrogen (secondary N) is 1. The number of ether oxygens (including phenoxy) is 2. The third-order valence-electron chi connectivity index (χ3n) is 9.03. The normalized spacial score (nSPS) is 32.2. The highest BCUT2D eigenvalue weighted by Crippen LogP contribution is 2.46.